The Morgan fingerprint density at radius 2 is 1.63 bits per heavy atom. The third-order valence-electron chi connectivity index (χ3n) is 2.38. The number of rotatable bonds is 6. The second kappa shape index (κ2) is 6.50. The summed E-state index contributed by atoms with van der Waals surface area (Å²) >= 11 is 0. The number of aliphatic hydroxyl groups excluding tert-OH is 1. The molecule has 0 heterocycles. The lowest BCUT2D eigenvalue weighted by molar-refractivity contribution is -0.148. The van der Waals surface area contributed by atoms with Gasteiger partial charge in [-0.05, 0) is 12.1 Å². The van der Waals surface area contributed by atoms with Crippen molar-refractivity contribution in [1.29, 1.82) is 0 Å². The molecule has 0 aromatic heterocycles. The highest BCUT2D eigenvalue weighted by Crippen LogP contribution is 2.03. The van der Waals surface area contributed by atoms with E-state index in [0.717, 1.165) is 0 Å². The number of aliphatic hydroxyl groups is 1. The normalized spacial score (nSPS) is 13.3. The highest BCUT2D eigenvalue weighted by Gasteiger charge is 2.26. The van der Waals surface area contributed by atoms with E-state index in [1.807, 2.05) is 0 Å². The first-order chi connectivity index (χ1) is 8.91. The molecule has 19 heavy (non-hydrogen) atoms. The van der Waals surface area contributed by atoms with Crippen LogP contribution in [-0.2, 0) is 9.59 Å². The predicted molar refractivity (Wildman–Crippen MR) is 63.6 cm³/mol. The van der Waals surface area contributed by atoms with E-state index >= 15 is 0 Å². The number of hydrogen-bond donors (Lipinski definition) is 4. The number of amides is 1. The van der Waals surface area contributed by atoms with E-state index in [-0.39, 0.29) is 5.56 Å². The molecule has 0 radical (unpaired) electrons. The van der Waals surface area contributed by atoms with Gasteiger partial charge in [-0.25, -0.2) is 9.59 Å². The van der Waals surface area contributed by atoms with Crippen LogP contribution < -0.4 is 5.32 Å². The lowest BCUT2D eigenvalue weighted by atomic mass is 10.1. The summed E-state index contributed by atoms with van der Waals surface area (Å²) in [6, 6.07) is 6.41. The summed E-state index contributed by atoms with van der Waals surface area (Å²) in [5.74, 6) is -3.60. The Labute approximate surface area is 108 Å². The van der Waals surface area contributed by atoms with Crippen molar-refractivity contribution in [1.82, 2.24) is 5.32 Å². The van der Waals surface area contributed by atoms with E-state index in [0.29, 0.717) is 0 Å². The first-order valence-corrected chi connectivity index (χ1v) is 5.41. The fourth-order valence-electron chi connectivity index (χ4n) is 1.38. The average Bonchev–Trinajstić information content (AvgIpc) is 2.38. The van der Waals surface area contributed by atoms with Crippen LogP contribution >= 0.6 is 0 Å². The van der Waals surface area contributed by atoms with Crippen molar-refractivity contribution < 1.29 is 29.7 Å². The lowest BCUT2D eigenvalue weighted by Gasteiger charge is -2.16. The number of hydrogen-bond acceptors (Lipinski definition) is 4. The van der Waals surface area contributed by atoms with Crippen LogP contribution in [0.2, 0.25) is 0 Å². The van der Waals surface area contributed by atoms with Crippen LogP contribution in [0.1, 0.15) is 16.8 Å². The van der Waals surface area contributed by atoms with Crippen LogP contribution in [0.25, 0.3) is 0 Å². The number of carboxylic acid groups (broad SMARTS) is 2. The number of nitrogens with one attached hydrogen (secondary N) is 1. The maximum atomic E-state index is 11.7. The second-order valence-electron chi connectivity index (χ2n) is 3.82. The molecule has 7 nitrogen and oxygen atoms in total. The van der Waals surface area contributed by atoms with Gasteiger partial charge in [0.2, 0.25) is 0 Å². The molecule has 0 aliphatic heterocycles. The molecule has 4 N–H and O–H groups in total. The molecular weight excluding hydrogens is 254 g/mol. The zero-order chi connectivity index (χ0) is 14.4. The smallest absolute Gasteiger partial charge is 0.332 e. The fourth-order valence-corrected chi connectivity index (χ4v) is 1.38. The Hall–Kier alpha value is -2.41. The molecule has 0 spiro atoms. The number of aliphatic carboxylic acids is 2. The van der Waals surface area contributed by atoms with Crippen molar-refractivity contribution in [3.05, 3.63) is 35.9 Å². The summed E-state index contributed by atoms with van der Waals surface area (Å²) in [5.41, 5.74) is 0.249. The molecule has 0 aliphatic rings. The van der Waals surface area contributed by atoms with Gasteiger partial charge in [-0.1, -0.05) is 18.2 Å². The molecule has 2 unspecified atom stereocenters. The van der Waals surface area contributed by atoms with E-state index in [2.05, 4.69) is 5.32 Å². The topological polar surface area (TPSA) is 124 Å². The minimum atomic E-state index is -1.85. The van der Waals surface area contributed by atoms with Gasteiger partial charge in [-0.2, -0.15) is 0 Å². The van der Waals surface area contributed by atoms with E-state index in [1.54, 1.807) is 18.2 Å². The van der Waals surface area contributed by atoms with Gasteiger partial charge in [0.1, 0.15) is 6.04 Å². The SMILES string of the molecule is O=C(NC(CC(O)C(=O)O)C(=O)O)c1ccccc1. The summed E-state index contributed by atoms with van der Waals surface area (Å²) < 4.78 is 0. The van der Waals surface area contributed by atoms with Crippen molar-refractivity contribution in [2.75, 3.05) is 0 Å². The zero-order valence-corrected chi connectivity index (χ0v) is 9.81. The van der Waals surface area contributed by atoms with Gasteiger partial charge in [0.05, 0.1) is 0 Å². The van der Waals surface area contributed by atoms with Gasteiger partial charge in [0.15, 0.2) is 6.10 Å². The average molecular weight is 267 g/mol. The van der Waals surface area contributed by atoms with Crippen LogP contribution in [0, 0.1) is 0 Å². The second-order valence-corrected chi connectivity index (χ2v) is 3.82. The van der Waals surface area contributed by atoms with E-state index < -0.39 is 36.4 Å². The van der Waals surface area contributed by atoms with Crippen molar-refractivity contribution in [2.24, 2.45) is 0 Å². The minimum absolute atomic E-state index is 0.249. The van der Waals surface area contributed by atoms with Gasteiger partial charge in [0, 0.05) is 12.0 Å². The Bertz CT molecular complexity index is 472. The van der Waals surface area contributed by atoms with E-state index in [1.165, 1.54) is 12.1 Å². The van der Waals surface area contributed by atoms with Gasteiger partial charge in [-0.15, -0.1) is 0 Å². The quantitative estimate of drug-likeness (QED) is 0.561. The number of carbonyl (C=O) groups is 3. The van der Waals surface area contributed by atoms with Crippen LogP contribution in [0.3, 0.4) is 0 Å². The first kappa shape index (κ1) is 14.7. The summed E-state index contributed by atoms with van der Waals surface area (Å²) in [4.78, 5) is 33.1. The lowest BCUT2D eigenvalue weighted by Crippen LogP contribution is -2.44. The van der Waals surface area contributed by atoms with Gasteiger partial charge < -0.3 is 20.6 Å². The molecule has 0 saturated carbocycles. The summed E-state index contributed by atoms with van der Waals surface area (Å²) in [7, 11) is 0. The third-order valence-corrected chi connectivity index (χ3v) is 2.38. The number of carboxylic acids is 2. The monoisotopic (exact) mass is 267 g/mol. The minimum Gasteiger partial charge on any atom is -0.480 e. The molecule has 7 heteroatoms. The Balaban J connectivity index is 2.72. The molecule has 102 valence electrons. The zero-order valence-electron chi connectivity index (χ0n) is 9.81. The van der Waals surface area contributed by atoms with Crippen molar-refractivity contribution in [3.8, 4) is 0 Å². The maximum absolute atomic E-state index is 11.7. The predicted octanol–water partition coefficient (Wildman–Crippen LogP) is -0.295. The highest BCUT2D eigenvalue weighted by atomic mass is 16.4. The molecule has 1 aromatic rings. The van der Waals surface area contributed by atoms with Gasteiger partial charge in [0.25, 0.3) is 5.91 Å². The van der Waals surface area contributed by atoms with Crippen molar-refractivity contribution in [2.45, 2.75) is 18.6 Å². The highest BCUT2D eigenvalue weighted by molar-refractivity contribution is 5.96. The van der Waals surface area contributed by atoms with Crippen molar-refractivity contribution in [3.63, 3.8) is 0 Å². The summed E-state index contributed by atoms with van der Waals surface area (Å²) in [6.45, 7) is 0. The maximum Gasteiger partial charge on any atom is 0.332 e. The molecule has 1 aromatic carbocycles. The first-order valence-electron chi connectivity index (χ1n) is 5.41. The number of carbonyl (C=O) groups excluding carboxylic acids is 1. The third kappa shape index (κ3) is 4.40. The Morgan fingerprint density at radius 3 is 2.11 bits per heavy atom. The van der Waals surface area contributed by atoms with E-state index in [4.69, 9.17) is 15.3 Å². The summed E-state index contributed by atoms with van der Waals surface area (Å²) in [6.07, 6.45) is -2.46. The molecular formula is C12H13NO6. The van der Waals surface area contributed by atoms with Crippen LogP contribution in [0.5, 0.6) is 0 Å². The molecule has 0 saturated heterocycles. The largest absolute Gasteiger partial charge is 0.480 e. The number of benzene rings is 1. The molecule has 1 rings (SSSR count). The summed E-state index contributed by atoms with van der Waals surface area (Å²) in [5, 5.41) is 28.7. The molecule has 0 fully saturated rings. The van der Waals surface area contributed by atoms with Gasteiger partial charge >= 0.3 is 11.9 Å². The van der Waals surface area contributed by atoms with Gasteiger partial charge in [-0.3, -0.25) is 4.79 Å². The Kier molecular flexibility index (Phi) is 5.01. The molecule has 2 atom stereocenters. The van der Waals surface area contributed by atoms with E-state index in [9.17, 15) is 14.4 Å². The molecule has 0 aliphatic carbocycles. The standard InChI is InChI=1S/C12H13NO6/c14-9(12(18)19)6-8(11(16)17)13-10(15)7-4-2-1-3-5-7/h1-5,8-9,14H,6H2,(H,13,15)(H,16,17)(H,18,19). The fraction of sp³-hybridized carbons (Fsp3) is 0.250. The van der Waals surface area contributed by atoms with Crippen LogP contribution in [0.15, 0.2) is 30.3 Å². The van der Waals surface area contributed by atoms with Crippen molar-refractivity contribution >= 4 is 17.8 Å². The Morgan fingerprint density at radius 1 is 1.05 bits per heavy atom. The van der Waals surface area contributed by atoms with Crippen LogP contribution in [-0.4, -0.2) is 45.3 Å². The molecule has 1 amide bonds. The van der Waals surface area contributed by atoms with Crippen LogP contribution in [0.4, 0.5) is 0 Å². The molecule has 0 bridgehead atoms.